The molecule has 28 heavy (non-hydrogen) atoms. The van der Waals surface area contributed by atoms with Gasteiger partial charge in [-0.3, -0.25) is 4.79 Å². The van der Waals surface area contributed by atoms with Crippen LogP contribution in [-0.4, -0.2) is 45.5 Å². The van der Waals surface area contributed by atoms with Crippen LogP contribution in [0.1, 0.15) is 0 Å². The van der Waals surface area contributed by atoms with Gasteiger partial charge in [0.15, 0.2) is 4.91 Å². The number of anilines is 2. The van der Waals surface area contributed by atoms with Crippen molar-refractivity contribution in [3.63, 3.8) is 0 Å². The summed E-state index contributed by atoms with van der Waals surface area (Å²) in [5.41, 5.74) is -0.0415. The van der Waals surface area contributed by atoms with Crippen LogP contribution in [0.5, 0.6) is 0 Å². The number of rotatable bonds is 2. The van der Waals surface area contributed by atoms with Crippen LogP contribution in [0.2, 0.25) is 0 Å². The molecule has 1 amide bonds. The number of fused-ring (bicyclic) bond motifs is 1. The number of para-hydroxylation sites is 1. The van der Waals surface area contributed by atoms with Gasteiger partial charge < -0.3 is 14.5 Å². The van der Waals surface area contributed by atoms with Gasteiger partial charge in [0.05, 0.1) is 29.5 Å². The summed E-state index contributed by atoms with van der Waals surface area (Å²) in [6.45, 7) is 1.11. The fraction of sp³-hybridized carbons (Fsp3) is 0.211. The monoisotopic (exact) mass is 406 g/mol. The number of sulfone groups is 1. The Kier molecular flexibility index (Phi) is 4.64. The quantitative estimate of drug-likeness (QED) is 0.718. The lowest BCUT2D eigenvalue weighted by Gasteiger charge is -2.32. The van der Waals surface area contributed by atoms with Crippen molar-refractivity contribution in [2.24, 2.45) is 0 Å². The molecule has 2 aliphatic rings. The number of carbonyl (C=O) groups is 1. The average Bonchev–Trinajstić information content (AvgIpc) is 2.69. The summed E-state index contributed by atoms with van der Waals surface area (Å²) in [7, 11) is -4.20. The second-order valence-electron chi connectivity index (χ2n) is 6.33. The molecule has 146 valence electrons. The molecule has 2 aromatic carbocycles. The van der Waals surface area contributed by atoms with Crippen LogP contribution in [0.3, 0.4) is 0 Å². The molecule has 0 bridgehead atoms. The summed E-state index contributed by atoms with van der Waals surface area (Å²) in [4.78, 5) is 14.8. The van der Waals surface area contributed by atoms with Gasteiger partial charge >= 0.3 is 0 Å². The number of hydrogen-bond donors (Lipinski definition) is 0. The van der Waals surface area contributed by atoms with Crippen molar-refractivity contribution in [3.8, 4) is 0 Å². The Morgan fingerprint density at radius 1 is 1.00 bits per heavy atom. The van der Waals surface area contributed by atoms with E-state index in [9.17, 15) is 22.0 Å². The van der Waals surface area contributed by atoms with E-state index in [1.807, 2.05) is 0 Å². The minimum atomic E-state index is -4.20. The molecule has 2 aromatic rings. The largest absolute Gasteiger partial charge is 0.378 e. The van der Waals surface area contributed by atoms with Gasteiger partial charge in [0, 0.05) is 19.3 Å². The van der Waals surface area contributed by atoms with E-state index in [0.717, 1.165) is 24.4 Å². The van der Waals surface area contributed by atoms with Crippen LogP contribution in [0.4, 0.5) is 20.2 Å². The molecule has 0 spiro atoms. The predicted molar refractivity (Wildman–Crippen MR) is 97.6 cm³/mol. The van der Waals surface area contributed by atoms with Gasteiger partial charge in [-0.05, 0) is 30.3 Å². The third kappa shape index (κ3) is 3.06. The summed E-state index contributed by atoms with van der Waals surface area (Å²) < 4.78 is 59.6. The van der Waals surface area contributed by atoms with E-state index in [1.54, 1.807) is 6.07 Å². The molecule has 2 heterocycles. The number of morpholine rings is 1. The molecule has 2 aliphatic heterocycles. The first-order chi connectivity index (χ1) is 13.4. The Balaban J connectivity index is 1.90. The van der Waals surface area contributed by atoms with E-state index in [2.05, 4.69) is 0 Å². The van der Waals surface area contributed by atoms with Gasteiger partial charge in [0.25, 0.3) is 5.91 Å². The number of ether oxygens (including phenoxy) is 1. The normalized spacial score (nSPS) is 18.4. The summed E-state index contributed by atoms with van der Waals surface area (Å²) in [5, 5.41) is 0. The van der Waals surface area contributed by atoms with Crippen molar-refractivity contribution in [3.05, 3.63) is 65.2 Å². The highest BCUT2D eigenvalue weighted by Gasteiger charge is 2.38. The summed E-state index contributed by atoms with van der Waals surface area (Å²) in [6.07, 6.45) is 1.06. The zero-order chi connectivity index (χ0) is 19.9. The number of hydrogen-bond acceptors (Lipinski definition) is 5. The van der Waals surface area contributed by atoms with Gasteiger partial charge in [0.2, 0.25) is 9.84 Å². The minimum absolute atomic E-state index is 0.0107. The molecule has 1 fully saturated rings. The highest BCUT2D eigenvalue weighted by Crippen LogP contribution is 2.41. The number of halogens is 2. The molecule has 0 radical (unpaired) electrons. The topological polar surface area (TPSA) is 66.9 Å². The van der Waals surface area contributed by atoms with E-state index in [4.69, 9.17) is 4.74 Å². The number of carbonyl (C=O) groups excluding carboxylic acids is 1. The Labute approximate surface area is 160 Å². The Hall–Kier alpha value is -2.78. The Bertz CT molecular complexity index is 1080. The Morgan fingerprint density at radius 3 is 2.43 bits per heavy atom. The molecular formula is C19H16F2N2O4S. The van der Waals surface area contributed by atoms with E-state index >= 15 is 0 Å². The summed E-state index contributed by atoms with van der Waals surface area (Å²) >= 11 is 0. The lowest BCUT2D eigenvalue weighted by molar-refractivity contribution is -0.130. The molecule has 4 rings (SSSR count). The molecule has 0 atom stereocenters. The van der Waals surface area contributed by atoms with E-state index < -0.39 is 32.3 Å². The van der Waals surface area contributed by atoms with Gasteiger partial charge in [-0.2, -0.15) is 0 Å². The van der Waals surface area contributed by atoms with Crippen LogP contribution < -0.4 is 4.90 Å². The lowest BCUT2D eigenvalue weighted by Crippen LogP contribution is -2.43. The Morgan fingerprint density at radius 2 is 1.71 bits per heavy atom. The van der Waals surface area contributed by atoms with Gasteiger partial charge in [0.1, 0.15) is 11.6 Å². The van der Waals surface area contributed by atoms with Gasteiger partial charge in [-0.15, -0.1) is 0 Å². The first-order valence-electron chi connectivity index (χ1n) is 8.57. The van der Waals surface area contributed by atoms with Crippen LogP contribution in [0.15, 0.2) is 58.5 Å². The maximum absolute atomic E-state index is 14.4. The smallest absolute Gasteiger partial charge is 0.267 e. The number of nitrogens with zero attached hydrogens (tertiary/aromatic N) is 2. The molecule has 0 saturated carbocycles. The van der Waals surface area contributed by atoms with Crippen molar-refractivity contribution in [1.82, 2.24) is 4.90 Å². The molecule has 0 N–H and O–H groups in total. The maximum Gasteiger partial charge on any atom is 0.267 e. The number of benzene rings is 2. The van der Waals surface area contributed by atoms with Crippen LogP contribution in [0, 0.1) is 11.6 Å². The fourth-order valence-electron chi connectivity index (χ4n) is 3.22. The predicted octanol–water partition coefficient (Wildman–Crippen LogP) is 2.59. The second kappa shape index (κ2) is 6.99. The third-order valence-corrected chi connectivity index (χ3v) is 6.41. The standard InChI is InChI=1S/C19H16F2N2O4S/c20-13-5-6-17-16(11-13)23(15-4-2-1-3-14(15)21)12-18(28(17,25)26)19(24)22-7-9-27-10-8-22/h1-6,11-12H,7-10H2. The van der Waals surface area contributed by atoms with Gasteiger partial charge in [-0.25, -0.2) is 17.2 Å². The molecule has 0 aromatic heterocycles. The number of amides is 1. The molecular weight excluding hydrogens is 390 g/mol. The summed E-state index contributed by atoms with van der Waals surface area (Å²) in [5.74, 6) is -2.00. The van der Waals surface area contributed by atoms with Crippen molar-refractivity contribution >= 4 is 27.1 Å². The van der Waals surface area contributed by atoms with E-state index in [0.29, 0.717) is 13.2 Å². The van der Waals surface area contributed by atoms with Gasteiger partial charge in [-0.1, -0.05) is 12.1 Å². The third-order valence-electron chi connectivity index (χ3n) is 4.63. The second-order valence-corrected chi connectivity index (χ2v) is 8.22. The highest BCUT2D eigenvalue weighted by atomic mass is 32.2. The lowest BCUT2D eigenvalue weighted by atomic mass is 10.2. The maximum atomic E-state index is 14.4. The average molecular weight is 406 g/mol. The van der Waals surface area contributed by atoms with Crippen molar-refractivity contribution in [1.29, 1.82) is 0 Å². The molecule has 0 aliphatic carbocycles. The fourth-order valence-corrected chi connectivity index (χ4v) is 4.74. The van der Waals surface area contributed by atoms with E-state index in [1.165, 1.54) is 28.0 Å². The minimum Gasteiger partial charge on any atom is -0.378 e. The highest BCUT2D eigenvalue weighted by molar-refractivity contribution is 7.96. The zero-order valence-electron chi connectivity index (χ0n) is 14.6. The summed E-state index contributed by atoms with van der Waals surface area (Å²) in [6, 6.07) is 8.77. The molecule has 6 nitrogen and oxygen atoms in total. The molecule has 0 unspecified atom stereocenters. The molecule has 9 heteroatoms. The zero-order valence-corrected chi connectivity index (χ0v) is 15.5. The van der Waals surface area contributed by atoms with Crippen LogP contribution >= 0.6 is 0 Å². The van der Waals surface area contributed by atoms with Crippen LogP contribution in [0.25, 0.3) is 0 Å². The van der Waals surface area contributed by atoms with Crippen molar-refractivity contribution in [2.45, 2.75) is 4.90 Å². The SMILES string of the molecule is O=C(C1=CN(c2ccccc2F)c2cc(F)ccc2S1(=O)=O)N1CCOCC1. The van der Waals surface area contributed by atoms with Crippen molar-refractivity contribution < 1.29 is 26.7 Å². The first kappa shape index (κ1) is 18.6. The molecule has 1 saturated heterocycles. The first-order valence-corrected chi connectivity index (χ1v) is 10.0. The van der Waals surface area contributed by atoms with E-state index in [-0.39, 0.29) is 29.4 Å². The van der Waals surface area contributed by atoms with Crippen molar-refractivity contribution in [2.75, 3.05) is 31.2 Å². The van der Waals surface area contributed by atoms with Crippen LogP contribution in [-0.2, 0) is 19.4 Å².